The molecule has 0 saturated heterocycles. The van der Waals surface area contributed by atoms with E-state index in [2.05, 4.69) is 22.3 Å². The largest absolute Gasteiger partial charge is 0.360 e. The zero-order chi connectivity index (χ0) is 16.4. The predicted molar refractivity (Wildman–Crippen MR) is 96.7 cm³/mol. The second-order valence-electron chi connectivity index (χ2n) is 5.75. The summed E-state index contributed by atoms with van der Waals surface area (Å²) in [7, 11) is 0. The van der Waals surface area contributed by atoms with E-state index in [9.17, 15) is 4.79 Å². The van der Waals surface area contributed by atoms with Gasteiger partial charge < -0.3 is 10.2 Å². The van der Waals surface area contributed by atoms with Crippen molar-refractivity contribution >= 4 is 40.5 Å². The maximum Gasteiger partial charge on any atom is 0.246 e. The predicted octanol–water partition coefficient (Wildman–Crippen LogP) is 4.77. The minimum absolute atomic E-state index is 0.0694. The zero-order valence-corrected chi connectivity index (χ0v) is 14.4. The van der Waals surface area contributed by atoms with Crippen LogP contribution in [0.15, 0.2) is 42.5 Å². The number of hydrogen-bond acceptors (Lipinski definition) is 2. The number of nitrogens with one attached hydrogen (secondary N) is 1. The second kappa shape index (κ2) is 6.81. The fraction of sp³-hybridized carbons (Fsp3) is 0.278. The second-order valence-corrected chi connectivity index (χ2v) is 6.62. The number of nitrogens with zero attached hydrogens (tertiary/aromatic N) is 1. The summed E-state index contributed by atoms with van der Waals surface area (Å²) in [5, 5.41) is 3.91. The smallest absolute Gasteiger partial charge is 0.246 e. The van der Waals surface area contributed by atoms with E-state index in [0.717, 1.165) is 25.1 Å². The molecule has 1 amide bonds. The number of carbonyl (C=O) groups is 1. The highest BCUT2D eigenvalue weighted by Crippen LogP contribution is 2.29. The molecular weight excluding hydrogens is 331 g/mol. The van der Waals surface area contributed by atoms with E-state index in [4.69, 9.17) is 23.2 Å². The van der Waals surface area contributed by atoms with Crippen LogP contribution >= 0.6 is 23.2 Å². The molecule has 0 aromatic heterocycles. The molecule has 2 aromatic rings. The average Bonchev–Trinajstić information content (AvgIpc) is 2.52. The number of fused-ring (bicyclic) bond motifs is 1. The van der Waals surface area contributed by atoms with Gasteiger partial charge in [-0.2, -0.15) is 0 Å². The molecule has 23 heavy (non-hydrogen) atoms. The molecule has 120 valence electrons. The summed E-state index contributed by atoms with van der Waals surface area (Å²) in [6.45, 7) is 2.80. The molecule has 1 heterocycles. The quantitative estimate of drug-likeness (QED) is 0.865. The first-order chi connectivity index (χ1) is 11.0. The van der Waals surface area contributed by atoms with E-state index >= 15 is 0 Å². The summed E-state index contributed by atoms with van der Waals surface area (Å²) in [4.78, 5) is 14.8. The molecule has 0 radical (unpaired) electrons. The third-order valence-corrected chi connectivity index (χ3v) is 4.56. The van der Waals surface area contributed by atoms with Crippen molar-refractivity contribution in [2.24, 2.45) is 0 Å². The molecule has 1 N–H and O–H groups in total. The molecule has 5 heteroatoms. The van der Waals surface area contributed by atoms with Crippen molar-refractivity contribution in [3.05, 3.63) is 58.1 Å². The molecule has 1 aliphatic rings. The minimum Gasteiger partial charge on any atom is -0.360 e. The average molecular weight is 349 g/mol. The van der Waals surface area contributed by atoms with E-state index in [1.165, 1.54) is 5.56 Å². The SMILES string of the molecule is CC(C(=O)Nc1cc(Cl)cc(Cl)c1)N1CCCc2ccccc21. The normalized spacial score (nSPS) is 15.0. The maximum absolute atomic E-state index is 12.6. The number of benzene rings is 2. The van der Waals surface area contributed by atoms with Crippen LogP contribution in [-0.4, -0.2) is 18.5 Å². The number of hydrogen-bond donors (Lipinski definition) is 1. The van der Waals surface area contributed by atoms with Crippen LogP contribution in [0.3, 0.4) is 0 Å². The van der Waals surface area contributed by atoms with Gasteiger partial charge in [0.2, 0.25) is 5.91 Å². The van der Waals surface area contributed by atoms with Gasteiger partial charge in [-0.15, -0.1) is 0 Å². The molecule has 0 bridgehead atoms. The Morgan fingerprint density at radius 1 is 1.17 bits per heavy atom. The van der Waals surface area contributed by atoms with Crippen LogP contribution in [0.4, 0.5) is 11.4 Å². The lowest BCUT2D eigenvalue weighted by Gasteiger charge is -2.35. The van der Waals surface area contributed by atoms with Gasteiger partial charge in [-0.05, 0) is 49.6 Å². The van der Waals surface area contributed by atoms with Crippen molar-refractivity contribution in [2.45, 2.75) is 25.8 Å². The Kier molecular flexibility index (Phi) is 4.79. The van der Waals surface area contributed by atoms with Crippen LogP contribution in [0.25, 0.3) is 0 Å². The summed E-state index contributed by atoms with van der Waals surface area (Å²) in [5.74, 6) is -0.0694. The number of para-hydroxylation sites is 1. The van der Waals surface area contributed by atoms with Crippen molar-refractivity contribution < 1.29 is 4.79 Å². The molecule has 0 saturated carbocycles. The molecular formula is C18H18Cl2N2O. The highest BCUT2D eigenvalue weighted by atomic mass is 35.5. The van der Waals surface area contributed by atoms with Crippen LogP contribution < -0.4 is 10.2 Å². The number of aryl methyl sites for hydroxylation is 1. The van der Waals surface area contributed by atoms with Gasteiger partial charge in [0.25, 0.3) is 0 Å². The van der Waals surface area contributed by atoms with Crippen LogP contribution in [0.1, 0.15) is 18.9 Å². The molecule has 1 atom stereocenters. The van der Waals surface area contributed by atoms with E-state index < -0.39 is 0 Å². The molecule has 1 unspecified atom stereocenters. The standard InChI is InChI=1S/C18H18Cl2N2O/c1-12(18(23)21-16-10-14(19)9-15(20)11-16)22-8-4-6-13-5-2-3-7-17(13)22/h2-3,5,7,9-12H,4,6,8H2,1H3,(H,21,23). The summed E-state index contributed by atoms with van der Waals surface area (Å²) >= 11 is 12.0. The number of amides is 1. The minimum atomic E-state index is -0.269. The van der Waals surface area contributed by atoms with Gasteiger partial charge in [0, 0.05) is 28.0 Å². The molecule has 0 fully saturated rings. The highest BCUT2D eigenvalue weighted by molar-refractivity contribution is 6.35. The first kappa shape index (κ1) is 16.2. The van der Waals surface area contributed by atoms with Gasteiger partial charge in [0.15, 0.2) is 0 Å². The van der Waals surface area contributed by atoms with E-state index in [1.54, 1.807) is 18.2 Å². The van der Waals surface area contributed by atoms with Gasteiger partial charge in [0.05, 0.1) is 0 Å². The first-order valence-electron chi connectivity index (χ1n) is 7.66. The number of carbonyl (C=O) groups excluding carboxylic acids is 1. The third kappa shape index (κ3) is 3.62. The Morgan fingerprint density at radius 2 is 1.87 bits per heavy atom. The van der Waals surface area contributed by atoms with E-state index in [1.807, 2.05) is 19.1 Å². The van der Waals surface area contributed by atoms with E-state index in [0.29, 0.717) is 15.7 Å². The van der Waals surface area contributed by atoms with Crippen LogP contribution in [-0.2, 0) is 11.2 Å². The van der Waals surface area contributed by atoms with Crippen molar-refractivity contribution in [1.29, 1.82) is 0 Å². The van der Waals surface area contributed by atoms with Crippen molar-refractivity contribution in [3.63, 3.8) is 0 Å². The molecule has 0 aliphatic carbocycles. The third-order valence-electron chi connectivity index (χ3n) is 4.12. The van der Waals surface area contributed by atoms with Crippen LogP contribution in [0.5, 0.6) is 0 Å². The summed E-state index contributed by atoms with van der Waals surface area (Å²) in [6, 6.07) is 13.0. The number of anilines is 2. The van der Waals surface area contributed by atoms with Gasteiger partial charge >= 0.3 is 0 Å². The Labute approximate surface area is 146 Å². The molecule has 0 spiro atoms. The lowest BCUT2D eigenvalue weighted by Crippen LogP contribution is -2.44. The molecule has 3 nitrogen and oxygen atoms in total. The number of rotatable bonds is 3. The zero-order valence-electron chi connectivity index (χ0n) is 12.9. The first-order valence-corrected chi connectivity index (χ1v) is 8.42. The topological polar surface area (TPSA) is 32.3 Å². The fourth-order valence-electron chi connectivity index (χ4n) is 2.98. The lowest BCUT2D eigenvalue weighted by molar-refractivity contribution is -0.117. The molecule has 1 aliphatic heterocycles. The van der Waals surface area contributed by atoms with Gasteiger partial charge in [-0.3, -0.25) is 4.79 Å². The summed E-state index contributed by atoms with van der Waals surface area (Å²) < 4.78 is 0. The lowest BCUT2D eigenvalue weighted by atomic mass is 10.00. The summed E-state index contributed by atoms with van der Waals surface area (Å²) in [6.07, 6.45) is 2.11. The molecule has 2 aromatic carbocycles. The summed E-state index contributed by atoms with van der Waals surface area (Å²) in [5.41, 5.74) is 3.05. The van der Waals surface area contributed by atoms with Gasteiger partial charge in [-0.1, -0.05) is 41.4 Å². The van der Waals surface area contributed by atoms with Crippen LogP contribution in [0.2, 0.25) is 10.0 Å². The van der Waals surface area contributed by atoms with Crippen molar-refractivity contribution in [1.82, 2.24) is 0 Å². The molecule has 3 rings (SSSR count). The Balaban J connectivity index is 1.78. The monoisotopic (exact) mass is 348 g/mol. The van der Waals surface area contributed by atoms with Crippen molar-refractivity contribution in [3.8, 4) is 0 Å². The van der Waals surface area contributed by atoms with Crippen LogP contribution in [0, 0.1) is 0 Å². The Morgan fingerprint density at radius 3 is 2.61 bits per heavy atom. The highest BCUT2D eigenvalue weighted by Gasteiger charge is 2.25. The van der Waals surface area contributed by atoms with Crippen molar-refractivity contribution in [2.75, 3.05) is 16.8 Å². The van der Waals surface area contributed by atoms with Gasteiger partial charge in [0.1, 0.15) is 6.04 Å². The fourth-order valence-corrected chi connectivity index (χ4v) is 3.51. The number of halogens is 2. The maximum atomic E-state index is 12.6. The van der Waals surface area contributed by atoms with E-state index in [-0.39, 0.29) is 11.9 Å². The Bertz CT molecular complexity index is 712. The van der Waals surface area contributed by atoms with Gasteiger partial charge in [-0.25, -0.2) is 0 Å². The Hall–Kier alpha value is -1.71.